The fraction of sp³-hybridized carbons (Fsp3) is 0.200. The Morgan fingerprint density at radius 3 is 2.44 bits per heavy atom. The number of rotatable bonds is 8. The van der Waals surface area contributed by atoms with Crippen LogP contribution < -0.4 is 20.1 Å². The molecular weight excluding hydrogens is 452 g/mol. The number of methoxy groups -OCH3 is 2. The van der Waals surface area contributed by atoms with Gasteiger partial charge < -0.3 is 20.1 Å². The standard InChI is InChI=1S/C25H24N4O4S/c1-15-20(24(31)28-18-8-6-5-7-9-18)12-17(14-26)25(27-15)34-16(2)23(30)29-21-13-19(32-3)10-11-22(21)33-4/h5-13,16H,1-4H3,(H,28,31)(H,29,30). The molecule has 1 atom stereocenters. The number of amides is 2. The van der Waals surface area contributed by atoms with Gasteiger partial charge in [-0.25, -0.2) is 4.98 Å². The Labute approximate surface area is 202 Å². The minimum absolute atomic E-state index is 0.215. The molecule has 0 fully saturated rings. The van der Waals surface area contributed by atoms with Gasteiger partial charge in [-0.1, -0.05) is 30.0 Å². The first-order chi connectivity index (χ1) is 16.4. The Balaban J connectivity index is 1.77. The lowest BCUT2D eigenvalue weighted by molar-refractivity contribution is -0.115. The SMILES string of the molecule is COc1ccc(OC)c(NC(=O)C(C)Sc2nc(C)c(C(=O)Nc3ccccc3)cc2C#N)c1. The van der Waals surface area contributed by atoms with E-state index in [0.29, 0.717) is 39.2 Å². The van der Waals surface area contributed by atoms with Crippen molar-refractivity contribution in [2.24, 2.45) is 0 Å². The Morgan fingerprint density at radius 2 is 1.79 bits per heavy atom. The van der Waals surface area contributed by atoms with Crippen LogP contribution in [0.1, 0.15) is 28.5 Å². The van der Waals surface area contributed by atoms with Crippen LogP contribution in [0.4, 0.5) is 11.4 Å². The van der Waals surface area contributed by atoms with E-state index < -0.39 is 5.25 Å². The molecule has 3 rings (SSSR count). The number of hydrogen-bond acceptors (Lipinski definition) is 7. The van der Waals surface area contributed by atoms with Gasteiger partial charge in [-0.2, -0.15) is 5.26 Å². The van der Waals surface area contributed by atoms with Gasteiger partial charge in [0, 0.05) is 11.8 Å². The third-order valence-electron chi connectivity index (χ3n) is 4.90. The number of carbonyl (C=O) groups excluding carboxylic acids is 2. The molecule has 2 amide bonds. The van der Waals surface area contributed by atoms with Gasteiger partial charge in [0.05, 0.1) is 42.0 Å². The Kier molecular flexibility index (Phi) is 8.11. The highest BCUT2D eigenvalue weighted by molar-refractivity contribution is 8.00. The summed E-state index contributed by atoms with van der Waals surface area (Å²) in [6.07, 6.45) is 0. The first-order valence-electron chi connectivity index (χ1n) is 10.3. The minimum Gasteiger partial charge on any atom is -0.497 e. The highest BCUT2D eigenvalue weighted by Crippen LogP contribution is 2.31. The van der Waals surface area contributed by atoms with Crippen LogP contribution in [-0.2, 0) is 4.79 Å². The molecule has 0 aliphatic rings. The lowest BCUT2D eigenvalue weighted by Crippen LogP contribution is -2.23. The van der Waals surface area contributed by atoms with Gasteiger partial charge in [-0.3, -0.25) is 9.59 Å². The Bertz CT molecular complexity index is 1240. The number of benzene rings is 2. The number of pyridine rings is 1. The predicted molar refractivity (Wildman–Crippen MR) is 132 cm³/mol. The zero-order valence-electron chi connectivity index (χ0n) is 19.2. The third-order valence-corrected chi connectivity index (χ3v) is 6.00. The molecule has 3 aromatic rings. The second kappa shape index (κ2) is 11.2. The van der Waals surface area contributed by atoms with Crippen molar-refractivity contribution in [3.05, 3.63) is 71.4 Å². The van der Waals surface area contributed by atoms with Gasteiger partial charge in [0.25, 0.3) is 5.91 Å². The maximum absolute atomic E-state index is 12.8. The first kappa shape index (κ1) is 24.6. The lowest BCUT2D eigenvalue weighted by Gasteiger charge is -2.16. The Hall–Kier alpha value is -4.03. The number of para-hydroxylation sites is 1. The summed E-state index contributed by atoms with van der Waals surface area (Å²) in [5.41, 5.74) is 2.08. The molecule has 2 N–H and O–H groups in total. The fourth-order valence-corrected chi connectivity index (χ4v) is 3.99. The van der Waals surface area contributed by atoms with Crippen LogP contribution >= 0.6 is 11.8 Å². The normalized spacial score (nSPS) is 11.1. The summed E-state index contributed by atoms with van der Waals surface area (Å²) in [5, 5.41) is 15.1. The molecule has 1 aromatic heterocycles. The first-order valence-corrected chi connectivity index (χ1v) is 11.2. The molecule has 8 nitrogen and oxygen atoms in total. The van der Waals surface area contributed by atoms with Crippen LogP contribution in [0, 0.1) is 18.3 Å². The van der Waals surface area contributed by atoms with Gasteiger partial charge in [0.15, 0.2) is 0 Å². The number of thioether (sulfide) groups is 1. The zero-order chi connectivity index (χ0) is 24.7. The lowest BCUT2D eigenvalue weighted by atomic mass is 10.1. The number of hydrogen-bond donors (Lipinski definition) is 2. The van der Waals surface area contributed by atoms with Crippen LogP contribution in [0.25, 0.3) is 0 Å². The highest BCUT2D eigenvalue weighted by Gasteiger charge is 2.22. The zero-order valence-corrected chi connectivity index (χ0v) is 20.0. The van der Waals surface area contributed by atoms with Crippen LogP contribution in [0.15, 0.2) is 59.6 Å². The monoisotopic (exact) mass is 476 g/mol. The van der Waals surface area contributed by atoms with E-state index in [1.807, 2.05) is 18.2 Å². The number of aromatic nitrogens is 1. The number of ether oxygens (including phenoxy) is 2. The van der Waals surface area contributed by atoms with Crippen molar-refractivity contribution in [1.82, 2.24) is 4.98 Å². The number of nitriles is 1. The van der Waals surface area contributed by atoms with Crippen molar-refractivity contribution >= 4 is 35.0 Å². The van der Waals surface area contributed by atoms with Crippen molar-refractivity contribution in [3.63, 3.8) is 0 Å². The van der Waals surface area contributed by atoms with Crippen LogP contribution in [-0.4, -0.2) is 36.3 Å². The maximum Gasteiger partial charge on any atom is 0.257 e. The summed E-state index contributed by atoms with van der Waals surface area (Å²) >= 11 is 1.13. The van der Waals surface area contributed by atoms with Crippen molar-refractivity contribution < 1.29 is 19.1 Å². The number of aryl methyl sites for hydroxylation is 1. The van der Waals surface area contributed by atoms with E-state index in [0.717, 1.165) is 11.8 Å². The molecule has 9 heteroatoms. The van der Waals surface area contributed by atoms with Gasteiger partial charge in [-0.15, -0.1) is 0 Å². The van der Waals surface area contributed by atoms with E-state index in [4.69, 9.17) is 9.47 Å². The maximum atomic E-state index is 12.8. The third kappa shape index (κ3) is 5.85. The van der Waals surface area contributed by atoms with Crippen molar-refractivity contribution in [3.8, 4) is 17.6 Å². The van der Waals surface area contributed by atoms with Gasteiger partial charge in [0.1, 0.15) is 22.6 Å². The number of nitrogens with one attached hydrogen (secondary N) is 2. The van der Waals surface area contributed by atoms with E-state index >= 15 is 0 Å². The number of nitrogens with zero attached hydrogens (tertiary/aromatic N) is 2. The molecule has 0 bridgehead atoms. The topological polar surface area (TPSA) is 113 Å². The fourth-order valence-electron chi connectivity index (χ4n) is 3.07. The van der Waals surface area contributed by atoms with Gasteiger partial charge in [0.2, 0.25) is 5.91 Å². The molecule has 0 radical (unpaired) electrons. The smallest absolute Gasteiger partial charge is 0.257 e. The van der Waals surface area contributed by atoms with E-state index in [1.165, 1.54) is 20.3 Å². The summed E-state index contributed by atoms with van der Waals surface area (Å²) in [5.74, 6) is 0.405. The van der Waals surface area contributed by atoms with E-state index in [1.54, 1.807) is 44.2 Å². The minimum atomic E-state index is -0.584. The molecule has 2 aromatic carbocycles. The summed E-state index contributed by atoms with van der Waals surface area (Å²) in [7, 11) is 3.05. The average Bonchev–Trinajstić information content (AvgIpc) is 2.84. The molecule has 174 valence electrons. The largest absolute Gasteiger partial charge is 0.497 e. The van der Waals surface area contributed by atoms with Crippen molar-refractivity contribution in [2.75, 3.05) is 24.9 Å². The highest BCUT2D eigenvalue weighted by atomic mass is 32.2. The van der Waals surface area contributed by atoms with Crippen molar-refractivity contribution in [1.29, 1.82) is 5.26 Å². The van der Waals surface area contributed by atoms with Crippen LogP contribution in [0.3, 0.4) is 0 Å². The second-order valence-corrected chi connectivity index (χ2v) is 8.55. The molecule has 0 spiro atoms. The molecule has 34 heavy (non-hydrogen) atoms. The second-order valence-electron chi connectivity index (χ2n) is 7.22. The quantitative estimate of drug-likeness (QED) is 0.455. The van der Waals surface area contributed by atoms with Gasteiger partial charge in [-0.05, 0) is 44.2 Å². The number of carbonyl (C=O) groups is 2. The number of anilines is 2. The average molecular weight is 477 g/mol. The van der Waals surface area contributed by atoms with Crippen molar-refractivity contribution in [2.45, 2.75) is 24.1 Å². The Morgan fingerprint density at radius 1 is 1.06 bits per heavy atom. The van der Waals surface area contributed by atoms with Gasteiger partial charge >= 0.3 is 0 Å². The van der Waals surface area contributed by atoms with E-state index in [-0.39, 0.29) is 17.4 Å². The molecule has 0 aliphatic carbocycles. The summed E-state index contributed by atoms with van der Waals surface area (Å²) in [6, 6.07) is 17.7. The summed E-state index contributed by atoms with van der Waals surface area (Å²) in [4.78, 5) is 30.0. The summed E-state index contributed by atoms with van der Waals surface area (Å²) < 4.78 is 10.5. The van der Waals surface area contributed by atoms with E-state index in [2.05, 4.69) is 21.7 Å². The predicted octanol–water partition coefficient (Wildman–Crippen LogP) is 4.65. The van der Waals surface area contributed by atoms with E-state index in [9.17, 15) is 14.9 Å². The molecule has 0 aliphatic heterocycles. The molecule has 1 heterocycles. The van der Waals surface area contributed by atoms with Crippen LogP contribution in [0.5, 0.6) is 11.5 Å². The molecular formula is C25H24N4O4S. The molecule has 0 saturated carbocycles. The summed E-state index contributed by atoms with van der Waals surface area (Å²) in [6.45, 7) is 3.40. The molecule has 0 saturated heterocycles. The molecule has 1 unspecified atom stereocenters. The van der Waals surface area contributed by atoms with Crippen LogP contribution in [0.2, 0.25) is 0 Å².